The van der Waals surface area contributed by atoms with Crippen molar-refractivity contribution in [3.8, 4) is 0 Å². The van der Waals surface area contributed by atoms with Crippen molar-refractivity contribution in [2.75, 3.05) is 0 Å². The molecule has 1 heterocycles. The highest BCUT2D eigenvalue weighted by Crippen LogP contribution is 2.29. The summed E-state index contributed by atoms with van der Waals surface area (Å²) in [6.07, 6.45) is 0.621. The molecule has 2 unspecified atom stereocenters. The summed E-state index contributed by atoms with van der Waals surface area (Å²) >= 11 is 0. The van der Waals surface area contributed by atoms with Crippen molar-refractivity contribution in [1.29, 1.82) is 0 Å². The van der Waals surface area contributed by atoms with Crippen LogP contribution < -0.4 is 5.32 Å². The van der Waals surface area contributed by atoms with Gasteiger partial charge in [-0.3, -0.25) is 9.59 Å². The molecular formula is C16H22N2O2. The molecule has 1 fully saturated rings. The highest BCUT2D eigenvalue weighted by atomic mass is 16.2. The number of benzene rings is 1. The van der Waals surface area contributed by atoms with E-state index >= 15 is 0 Å². The third kappa shape index (κ3) is 2.55. The van der Waals surface area contributed by atoms with Gasteiger partial charge >= 0.3 is 0 Å². The van der Waals surface area contributed by atoms with Gasteiger partial charge in [0.05, 0.1) is 0 Å². The van der Waals surface area contributed by atoms with E-state index < -0.39 is 6.04 Å². The monoisotopic (exact) mass is 274 g/mol. The van der Waals surface area contributed by atoms with Crippen LogP contribution in [0.25, 0.3) is 0 Å². The van der Waals surface area contributed by atoms with Crippen molar-refractivity contribution in [3.63, 3.8) is 0 Å². The van der Waals surface area contributed by atoms with E-state index in [-0.39, 0.29) is 23.4 Å². The maximum Gasteiger partial charge on any atom is 0.250 e. The Morgan fingerprint density at radius 3 is 2.25 bits per heavy atom. The zero-order chi connectivity index (χ0) is 14.9. The number of amides is 2. The molecule has 0 aliphatic carbocycles. The highest BCUT2D eigenvalue weighted by Gasteiger charge is 2.44. The predicted molar refractivity (Wildman–Crippen MR) is 78.0 cm³/mol. The molecule has 1 aromatic rings. The first-order valence-corrected chi connectivity index (χ1v) is 7.04. The van der Waals surface area contributed by atoms with Crippen molar-refractivity contribution in [1.82, 2.24) is 10.2 Å². The van der Waals surface area contributed by atoms with Crippen molar-refractivity contribution in [2.24, 2.45) is 0 Å². The molecule has 2 atom stereocenters. The van der Waals surface area contributed by atoms with Gasteiger partial charge in [0.15, 0.2) is 0 Å². The lowest BCUT2D eigenvalue weighted by molar-refractivity contribution is -0.155. The molecule has 2 rings (SSSR count). The SMILES string of the molecule is CCC1C(=O)NC(c2ccccc2)C(=O)N1C(C)(C)C. The third-order valence-corrected chi connectivity index (χ3v) is 3.63. The second-order valence-corrected chi connectivity index (χ2v) is 6.16. The number of piperazine rings is 1. The number of nitrogens with zero attached hydrogens (tertiary/aromatic N) is 1. The van der Waals surface area contributed by atoms with E-state index in [2.05, 4.69) is 5.32 Å². The Hall–Kier alpha value is -1.84. The van der Waals surface area contributed by atoms with Crippen LogP contribution in [0.3, 0.4) is 0 Å². The number of nitrogens with one attached hydrogen (secondary N) is 1. The molecule has 20 heavy (non-hydrogen) atoms. The molecule has 1 N–H and O–H groups in total. The summed E-state index contributed by atoms with van der Waals surface area (Å²) in [5.74, 6) is -0.106. The summed E-state index contributed by atoms with van der Waals surface area (Å²) in [4.78, 5) is 26.8. The van der Waals surface area contributed by atoms with E-state index in [1.165, 1.54) is 0 Å². The van der Waals surface area contributed by atoms with Gasteiger partial charge in [-0.25, -0.2) is 0 Å². The first-order valence-electron chi connectivity index (χ1n) is 7.04. The average molecular weight is 274 g/mol. The quantitative estimate of drug-likeness (QED) is 0.899. The van der Waals surface area contributed by atoms with Gasteiger partial charge < -0.3 is 10.2 Å². The standard InChI is InChI=1S/C16H22N2O2/c1-5-12-14(19)17-13(11-9-7-6-8-10-11)15(20)18(12)16(2,3)4/h6-10,12-13H,5H2,1-4H3,(H,17,19). The number of carbonyl (C=O) groups is 2. The molecule has 0 spiro atoms. The Labute approximate surface area is 120 Å². The molecule has 0 radical (unpaired) electrons. The van der Waals surface area contributed by atoms with Gasteiger partial charge in [-0.15, -0.1) is 0 Å². The van der Waals surface area contributed by atoms with E-state index in [9.17, 15) is 9.59 Å². The summed E-state index contributed by atoms with van der Waals surface area (Å²) < 4.78 is 0. The molecule has 0 saturated carbocycles. The van der Waals surface area contributed by atoms with Crippen LogP contribution in [0.2, 0.25) is 0 Å². The van der Waals surface area contributed by atoms with E-state index in [1.54, 1.807) is 4.90 Å². The van der Waals surface area contributed by atoms with Crippen LogP contribution in [0.5, 0.6) is 0 Å². The molecular weight excluding hydrogens is 252 g/mol. The van der Waals surface area contributed by atoms with Crippen LogP contribution in [0.1, 0.15) is 45.7 Å². The number of hydrogen-bond acceptors (Lipinski definition) is 2. The lowest BCUT2D eigenvalue weighted by Gasteiger charge is -2.46. The third-order valence-electron chi connectivity index (χ3n) is 3.63. The van der Waals surface area contributed by atoms with Crippen molar-refractivity contribution < 1.29 is 9.59 Å². The van der Waals surface area contributed by atoms with Gasteiger partial charge in [0.2, 0.25) is 5.91 Å². The van der Waals surface area contributed by atoms with Gasteiger partial charge in [-0.2, -0.15) is 0 Å². The normalized spacial score (nSPS) is 23.7. The second-order valence-electron chi connectivity index (χ2n) is 6.16. The minimum atomic E-state index is -0.578. The maximum absolute atomic E-state index is 12.8. The Morgan fingerprint density at radius 2 is 1.75 bits per heavy atom. The van der Waals surface area contributed by atoms with Crippen LogP contribution >= 0.6 is 0 Å². The van der Waals surface area contributed by atoms with Crippen LogP contribution in [-0.4, -0.2) is 28.3 Å². The molecule has 1 aliphatic heterocycles. The minimum absolute atomic E-state index is 0.0323. The Balaban J connectivity index is 2.40. The summed E-state index contributed by atoms with van der Waals surface area (Å²) in [6, 6.07) is 8.43. The summed E-state index contributed by atoms with van der Waals surface area (Å²) in [6.45, 7) is 7.83. The zero-order valence-electron chi connectivity index (χ0n) is 12.5. The van der Waals surface area contributed by atoms with Gasteiger partial charge in [0.25, 0.3) is 5.91 Å². The Bertz CT molecular complexity index is 505. The first kappa shape index (κ1) is 14.6. The molecule has 2 amide bonds. The smallest absolute Gasteiger partial charge is 0.250 e. The molecule has 108 valence electrons. The second kappa shape index (κ2) is 5.27. The van der Waals surface area contributed by atoms with Gasteiger partial charge in [0.1, 0.15) is 12.1 Å². The van der Waals surface area contributed by atoms with E-state index in [0.29, 0.717) is 6.42 Å². The number of carbonyl (C=O) groups excluding carboxylic acids is 2. The van der Waals surface area contributed by atoms with E-state index in [1.807, 2.05) is 58.0 Å². The van der Waals surface area contributed by atoms with Crippen LogP contribution in [0.4, 0.5) is 0 Å². The van der Waals surface area contributed by atoms with Crippen molar-refractivity contribution in [2.45, 2.75) is 51.7 Å². The van der Waals surface area contributed by atoms with Crippen LogP contribution in [0, 0.1) is 0 Å². The molecule has 4 heteroatoms. The maximum atomic E-state index is 12.8. The fraction of sp³-hybridized carbons (Fsp3) is 0.500. The topological polar surface area (TPSA) is 49.4 Å². The first-order chi connectivity index (χ1) is 9.36. The Morgan fingerprint density at radius 1 is 1.15 bits per heavy atom. The summed E-state index contributed by atoms with van der Waals surface area (Å²) in [7, 11) is 0. The molecule has 1 aromatic carbocycles. The summed E-state index contributed by atoms with van der Waals surface area (Å²) in [5, 5.41) is 2.86. The minimum Gasteiger partial charge on any atom is -0.339 e. The van der Waals surface area contributed by atoms with E-state index in [0.717, 1.165) is 5.56 Å². The van der Waals surface area contributed by atoms with Gasteiger partial charge in [-0.1, -0.05) is 37.3 Å². The summed E-state index contributed by atoms with van der Waals surface area (Å²) in [5.41, 5.74) is 0.456. The van der Waals surface area contributed by atoms with Crippen molar-refractivity contribution >= 4 is 11.8 Å². The molecule has 0 bridgehead atoms. The van der Waals surface area contributed by atoms with E-state index in [4.69, 9.17) is 0 Å². The molecule has 4 nitrogen and oxygen atoms in total. The fourth-order valence-electron chi connectivity index (χ4n) is 2.75. The van der Waals surface area contributed by atoms with Crippen LogP contribution in [0.15, 0.2) is 30.3 Å². The predicted octanol–water partition coefficient (Wildman–Crippen LogP) is 2.26. The van der Waals surface area contributed by atoms with Crippen LogP contribution in [-0.2, 0) is 9.59 Å². The lowest BCUT2D eigenvalue weighted by atomic mass is 9.93. The van der Waals surface area contributed by atoms with Gasteiger partial charge in [-0.05, 0) is 32.8 Å². The fourth-order valence-corrected chi connectivity index (χ4v) is 2.75. The largest absolute Gasteiger partial charge is 0.339 e. The number of hydrogen-bond donors (Lipinski definition) is 1. The Kier molecular flexibility index (Phi) is 3.84. The molecule has 1 saturated heterocycles. The number of rotatable bonds is 2. The van der Waals surface area contributed by atoms with Crippen molar-refractivity contribution in [3.05, 3.63) is 35.9 Å². The highest BCUT2D eigenvalue weighted by molar-refractivity contribution is 5.97. The average Bonchev–Trinajstić information content (AvgIpc) is 2.40. The van der Waals surface area contributed by atoms with Gasteiger partial charge in [0, 0.05) is 5.54 Å². The zero-order valence-corrected chi connectivity index (χ0v) is 12.5. The lowest BCUT2D eigenvalue weighted by Crippen LogP contribution is -2.64. The molecule has 1 aliphatic rings. The molecule has 0 aromatic heterocycles.